The van der Waals surface area contributed by atoms with Gasteiger partial charge in [0.1, 0.15) is 6.04 Å². The number of amides is 2. The molecule has 1 aliphatic rings. The van der Waals surface area contributed by atoms with E-state index in [2.05, 4.69) is 5.32 Å². The van der Waals surface area contributed by atoms with Crippen LogP contribution in [0.2, 0.25) is 0 Å². The Morgan fingerprint density at radius 3 is 2.82 bits per heavy atom. The first-order valence-electron chi connectivity index (χ1n) is 5.74. The molecule has 92 valence electrons. The van der Waals surface area contributed by atoms with Crippen LogP contribution in [-0.4, -0.2) is 29.3 Å². The minimum Gasteiger partial charge on any atom is -0.345 e. The summed E-state index contributed by atoms with van der Waals surface area (Å²) in [4.78, 5) is 27.5. The van der Waals surface area contributed by atoms with Crippen molar-refractivity contribution >= 4 is 23.2 Å². The van der Waals surface area contributed by atoms with Gasteiger partial charge in [-0.1, -0.05) is 6.92 Å². The third kappa shape index (κ3) is 2.49. The predicted octanol–water partition coefficient (Wildman–Crippen LogP) is 1.29. The lowest BCUT2D eigenvalue weighted by Gasteiger charge is -2.34. The largest absolute Gasteiger partial charge is 0.345 e. The van der Waals surface area contributed by atoms with Crippen molar-refractivity contribution < 1.29 is 9.59 Å². The Morgan fingerprint density at radius 2 is 2.24 bits per heavy atom. The van der Waals surface area contributed by atoms with Crippen LogP contribution >= 0.6 is 11.3 Å². The van der Waals surface area contributed by atoms with Gasteiger partial charge in [0, 0.05) is 9.75 Å². The summed E-state index contributed by atoms with van der Waals surface area (Å²) in [5.74, 6) is -0.0390. The maximum Gasteiger partial charge on any atom is 0.243 e. The van der Waals surface area contributed by atoms with Gasteiger partial charge in [-0.15, -0.1) is 11.3 Å². The van der Waals surface area contributed by atoms with Gasteiger partial charge in [0.25, 0.3) is 0 Å². The zero-order valence-electron chi connectivity index (χ0n) is 10.0. The number of hydrogen-bond donors (Lipinski definition) is 1. The highest BCUT2D eigenvalue weighted by Gasteiger charge is 2.33. The summed E-state index contributed by atoms with van der Waals surface area (Å²) >= 11 is 1.67. The average molecular weight is 252 g/mol. The Labute approximate surface area is 105 Å². The number of aryl methyl sites for hydroxylation is 1. The molecule has 1 aliphatic heterocycles. The highest BCUT2D eigenvalue weighted by atomic mass is 32.1. The molecule has 1 saturated heterocycles. The molecule has 1 fully saturated rings. The molecule has 5 heteroatoms. The highest BCUT2D eigenvalue weighted by molar-refractivity contribution is 7.11. The van der Waals surface area contributed by atoms with Crippen molar-refractivity contribution in [1.82, 2.24) is 10.2 Å². The van der Waals surface area contributed by atoms with Crippen molar-refractivity contribution in [3.63, 3.8) is 0 Å². The Kier molecular flexibility index (Phi) is 3.47. The van der Waals surface area contributed by atoms with Gasteiger partial charge in [-0.05, 0) is 25.5 Å². The standard InChI is InChI=1S/C12H16N2O2S/c1-3-10-12(16)13-6-11(15)14(10)7-9-5-4-8(2)17-9/h4-5,10H,3,6-7H2,1-2H3,(H,13,16). The molecule has 0 saturated carbocycles. The van der Waals surface area contributed by atoms with Gasteiger partial charge in [-0.2, -0.15) is 0 Å². The van der Waals surface area contributed by atoms with Crippen LogP contribution in [0.25, 0.3) is 0 Å². The molecule has 0 aromatic carbocycles. The second-order valence-electron chi connectivity index (χ2n) is 4.18. The normalized spacial score (nSPS) is 20.6. The molecule has 0 aliphatic carbocycles. The fourth-order valence-corrected chi connectivity index (χ4v) is 2.93. The van der Waals surface area contributed by atoms with Gasteiger partial charge in [0.2, 0.25) is 11.8 Å². The van der Waals surface area contributed by atoms with Gasteiger partial charge < -0.3 is 10.2 Å². The smallest absolute Gasteiger partial charge is 0.243 e. The number of piperazine rings is 1. The van der Waals surface area contributed by atoms with E-state index in [1.807, 2.05) is 26.0 Å². The summed E-state index contributed by atoms with van der Waals surface area (Å²) in [6.45, 7) is 4.63. The molecule has 4 nitrogen and oxygen atoms in total. The van der Waals surface area contributed by atoms with E-state index in [1.165, 1.54) is 4.88 Å². The molecule has 2 heterocycles. The van der Waals surface area contributed by atoms with Crippen LogP contribution in [0.1, 0.15) is 23.1 Å². The predicted molar refractivity (Wildman–Crippen MR) is 66.7 cm³/mol. The Morgan fingerprint density at radius 1 is 1.47 bits per heavy atom. The molecule has 1 atom stereocenters. The minimum atomic E-state index is -0.321. The quantitative estimate of drug-likeness (QED) is 0.881. The molecule has 0 spiro atoms. The highest BCUT2D eigenvalue weighted by Crippen LogP contribution is 2.20. The van der Waals surface area contributed by atoms with Crippen molar-refractivity contribution in [1.29, 1.82) is 0 Å². The summed E-state index contributed by atoms with van der Waals surface area (Å²) in [5.41, 5.74) is 0. The second-order valence-corrected chi connectivity index (χ2v) is 5.55. The van der Waals surface area contributed by atoms with Crippen LogP contribution < -0.4 is 5.32 Å². The molecule has 0 radical (unpaired) electrons. The molecule has 2 rings (SSSR count). The molecule has 1 unspecified atom stereocenters. The fraction of sp³-hybridized carbons (Fsp3) is 0.500. The van der Waals surface area contributed by atoms with Crippen LogP contribution in [0.4, 0.5) is 0 Å². The summed E-state index contributed by atoms with van der Waals surface area (Å²) < 4.78 is 0. The monoisotopic (exact) mass is 252 g/mol. The lowest BCUT2D eigenvalue weighted by Crippen LogP contribution is -2.57. The lowest BCUT2D eigenvalue weighted by atomic mass is 10.1. The van der Waals surface area contributed by atoms with Crippen molar-refractivity contribution in [3.05, 3.63) is 21.9 Å². The summed E-state index contributed by atoms with van der Waals surface area (Å²) in [6, 6.07) is 3.74. The molecular formula is C12H16N2O2S. The van der Waals surface area contributed by atoms with Crippen molar-refractivity contribution in [2.45, 2.75) is 32.9 Å². The Hall–Kier alpha value is -1.36. The van der Waals surface area contributed by atoms with E-state index in [1.54, 1.807) is 16.2 Å². The van der Waals surface area contributed by atoms with E-state index in [4.69, 9.17) is 0 Å². The average Bonchev–Trinajstić information content (AvgIpc) is 2.70. The number of nitrogens with zero attached hydrogens (tertiary/aromatic N) is 1. The maximum absolute atomic E-state index is 11.8. The molecule has 17 heavy (non-hydrogen) atoms. The number of thiophene rings is 1. The van der Waals surface area contributed by atoms with E-state index >= 15 is 0 Å². The maximum atomic E-state index is 11.8. The molecule has 0 bridgehead atoms. The van der Waals surface area contributed by atoms with Crippen LogP contribution in [0.3, 0.4) is 0 Å². The Bertz CT molecular complexity index is 441. The number of hydrogen-bond acceptors (Lipinski definition) is 3. The lowest BCUT2D eigenvalue weighted by molar-refractivity contribution is -0.146. The van der Waals surface area contributed by atoms with E-state index in [0.29, 0.717) is 13.0 Å². The van der Waals surface area contributed by atoms with Gasteiger partial charge in [-0.25, -0.2) is 0 Å². The third-order valence-electron chi connectivity index (χ3n) is 2.92. The zero-order chi connectivity index (χ0) is 12.4. The van der Waals surface area contributed by atoms with Crippen molar-refractivity contribution in [2.24, 2.45) is 0 Å². The van der Waals surface area contributed by atoms with Crippen molar-refractivity contribution in [3.8, 4) is 0 Å². The first-order chi connectivity index (χ1) is 8.11. The van der Waals surface area contributed by atoms with Crippen LogP contribution in [-0.2, 0) is 16.1 Å². The summed E-state index contributed by atoms with van der Waals surface area (Å²) in [7, 11) is 0. The molecule has 1 aromatic heterocycles. The third-order valence-corrected chi connectivity index (χ3v) is 3.91. The molecule has 2 amide bonds. The fourth-order valence-electron chi connectivity index (χ4n) is 2.04. The SMILES string of the molecule is CCC1C(=O)NCC(=O)N1Cc1ccc(C)s1. The number of carbonyl (C=O) groups excluding carboxylic acids is 2. The van der Waals surface area contributed by atoms with E-state index in [9.17, 15) is 9.59 Å². The first-order valence-corrected chi connectivity index (χ1v) is 6.56. The van der Waals surface area contributed by atoms with Gasteiger partial charge in [-0.3, -0.25) is 9.59 Å². The summed E-state index contributed by atoms with van der Waals surface area (Å²) in [6.07, 6.45) is 0.655. The van der Waals surface area contributed by atoms with Crippen molar-refractivity contribution in [2.75, 3.05) is 6.54 Å². The molecule has 1 aromatic rings. The Balaban J connectivity index is 2.15. The molecular weight excluding hydrogens is 236 g/mol. The van der Waals surface area contributed by atoms with E-state index in [0.717, 1.165) is 4.88 Å². The summed E-state index contributed by atoms with van der Waals surface area (Å²) in [5, 5.41) is 2.63. The van der Waals surface area contributed by atoms with E-state index in [-0.39, 0.29) is 24.4 Å². The second kappa shape index (κ2) is 4.87. The van der Waals surface area contributed by atoms with Crippen LogP contribution in [0.5, 0.6) is 0 Å². The molecule has 1 N–H and O–H groups in total. The van der Waals surface area contributed by atoms with Crippen LogP contribution in [0, 0.1) is 6.92 Å². The van der Waals surface area contributed by atoms with Gasteiger partial charge in [0.05, 0.1) is 13.1 Å². The number of nitrogens with one attached hydrogen (secondary N) is 1. The minimum absolute atomic E-state index is 0.00232. The topological polar surface area (TPSA) is 49.4 Å². The first kappa shape index (κ1) is 12.1. The van der Waals surface area contributed by atoms with Crippen LogP contribution in [0.15, 0.2) is 12.1 Å². The zero-order valence-corrected chi connectivity index (χ0v) is 10.8. The number of rotatable bonds is 3. The van der Waals surface area contributed by atoms with Gasteiger partial charge >= 0.3 is 0 Å². The number of carbonyl (C=O) groups is 2. The van der Waals surface area contributed by atoms with E-state index < -0.39 is 0 Å². The van der Waals surface area contributed by atoms with Gasteiger partial charge in [0.15, 0.2) is 0 Å².